The third-order valence-electron chi connectivity index (χ3n) is 3.38. The lowest BCUT2D eigenvalue weighted by atomic mass is 10.2. The first-order valence-electron chi connectivity index (χ1n) is 6.48. The van der Waals surface area contributed by atoms with E-state index in [1.54, 1.807) is 18.2 Å². The quantitative estimate of drug-likeness (QED) is 0.867. The van der Waals surface area contributed by atoms with Crippen molar-refractivity contribution in [3.05, 3.63) is 18.2 Å². The average molecular weight is 296 g/mol. The Morgan fingerprint density at radius 2 is 2.20 bits per heavy atom. The first-order valence-corrected chi connectivity index (χ1v) is 8.13. The van der Waals surface area contributed by atoms with Crippen LogP contribution in [0.3, 0.4) is 0 Å². The van der Waals surface area contributed by atoms with Gasteiger partial charge in [0.2, 0.25) is 9.84 Å². The van der Waals surface area contributed by atoms with E-state index in [9.17, 15) is 8.42 Å². The van der Waals surface area contributed by atoms with Crippen molar-refractivity contribution in [3.8, 4) is 0 Å². The zero-order chi connectivity index (χ0) is 14.3. The molecule has 2 atom stereocenters. The molecule has 1 fully saturated rings. The minimum Gasteiger partial charge on any atom is -0.428 e. The molecule has 0 aliphatic carbocycles. The van der Waals surface area contributed by atoms with Gasteiger partial charge in [0.15, 0.2) is 5.58 Å². The van der Waals surface area contributed by atoms with Crippen molar-refractivity contribution < 1.29 is 17.6 Å². The number of sulfone groups is 1. The highest BCUT2D eigenvalue weighted by atomic mass is 32.2. The second-order valence-corrected chi connectivity index (χ2v) is 7.05. The molecule has 1 aliphatic rings. The minimum atomic E-state index is -3.59. The highest BCUT2D eigenvalue weighted by molar-refractivity contribution is 7.91. The Morgan fingerprint density at radius 1 is 1.40 bits per heavy atom. The molecule has 3 rings (SSSR count). The zero-order valence-corrected chi connectivity index (χ0v) is 11.9. The summed E-state index contributed by atoms with van der Waals surface area (Å²) in [6.45, 7) is 1.94. The van der Waals surface area contributed by atoms with Crippen LogP contribution in [0.5, 0.6) is 0 Å². The van der Waals surface area contributed by atoms with Gasteiger partial charge in [0.25, 0.3) is 0 Å². The number of fused-ring (bicyclic) bond motifs is 1. The Bertz CT molecular complexity index is 738. The molecule has 7 heteroatoms. The first-order chi connectivity index (χ1) is 9.44. The van der Waals surface area contributed by atoms with Gasteiger partial charge in [-0.15, -0.1) is 0 Å². The van der Waals surface area contributed by atoms with Crippen LogP contribution in [0.25, 0.3) is 11.1 Å². The zero-order valence-electron chi connectivity index (χ0n) is 11.1. The second kappa shape index (κ2) is 4.75. The molecule has 6 nitrogen and oxygen atoms in total. The van der Waals surface area contributed by atoms with Gasteiger partial charge in [0.1, 0.15) is 5.52 Å². The van der Waals surface area contributed by atoms with Gasteiger partial charge in [-0.25, -0.2) is 8.42 Å². The number of aromatic nitrogens is 1. The highest BCUT2D eigenvalue weighted by Crippen LogP contribution is 2.25. The van der Waals surface area contributed by atoms with Crippen LogP contribution < -0.4 is 5.73 Å². The van der Waals surface area contributed by atoms with Gasteiger partial charge >= 0.3 is 5.22 Å². The van der Waals surface area contributed by atoms with E-state index in [0.717, 1.165) is 12.8 Å². The predicted octanol–water partition coefficient (Wildman–Crippen LogP) is 1.75. The molecule has 2 N–H and O–H groups in total. The summed E-state index contributed by atoms with van der Waals surface area (Å²) in [4.78, 5) is 4.02. The van der Waals surface area contributed by atoms with Crippen molar-refractivity contribution in [2.75, 3.05) is 11.5 Å². The van der Waals surface area contributed by atoms with Crippen LogP contribution >= 0.6 is 0 Å². The van der Waals surface area contributed by atoms with E-state index in [0.29, 0.717) is 16.8 Å². The Kier molecular flexibility index (Phi) is 3.18. The number of rotatable bonds is 3. The standard InChI is InChI=1S/C13H16N2O4S/c1-8-2-4-10(18-8)7-20(16,17)13-15-11-6-9(14)3-5-12(11)19-13/h3,5-6,8,10H,2,4,7,14H2,1H3. The Hall–Kier alpha value is -1.60. The Morgan fingerprint density at radius 3 is 2.90 bits per heavy atom. The van der Waals surface area contributed by atoms with E-state index in [1.165, 1.54) is 0 Å². The summed E-state index contributed by atoms with van der Waals surface area (Å²) in [5, 5.41) is -0.263. The minimum absolute atomic E-state index is 0.0976. The Balaban J connectivity index is 1.88. The molecule has 0 radical (unpaired) electrons. The summed E-state index contributed by atoms with van der Waals surface area (Å²) in [7, 11) is -3.59. The SMILES string of the molecule is CC1CCC(CS(=O)(=O)c2nc3cc(N)ccc3o2)O1. The molecule has 0 bridgehead atoms. The number of nitrogens with two attached hydrogens (primary N) is 1. The lowest BCUT2D eigenvalue weighted by molar-refractivity contribution is 0.0688. The monoisotopic (exact) mass is 296 g/mol. The maximum Gasteiger partial charge on any atom is 0.316 e. The number of hydrogen-bond donors (Lipinski definition) is 1. The molecule has 0 saturated carbocycles. The lowest BCUT2D eigenvalue weighted by Crippen LogP contribution is -2.21. The number of ether oxygens (including phenoxy) is 1. The maximum absolute atomic E-state index is 12.3. The maximum atomic E-state index is 12.3. The smallest absolute Gasteiger partial charge is 0.316 e. The highest BCUT2D eigenvalue weighted by Gasteiger charge is 2.31. The van der Waals surface area contributed by atoms with E-state index >= 15 is 0 Å². The van der Waals surface area contributed by atoms with Crippen molar-refractivity contribution in [1.29, 1.82) is 0 Å². The van der Waals surface area contributed by atoms with E-state index in [-0.39, 0.29) is 23.2 Å². The van der Waals surface area contributed by atoms with Crippen molar-refractivity contribution in [3.63, 3.8) is 0 Å². The van der Waals surface area contributed by atoms with Crippen LogP contribution in [-0.4, -0.2) is 31.4 Å². The molecule has 0 spiro atoms. The summed E-state index contributed by atoms with van der Waals surface area (Å²) in [5.74, 6) is -0.0976. The average Bonchev–Trinajstić information content (AvgIpc) is 2.95. The normalized spacial score (nSPS) is 23.4. The van der Waals surface area contributed by atoms with Crippen LogP contribution in [0, 0.1) is 0 Å². The van der Waals surface area contributed by atoms with Gasteiger partial charge in [0, 0.05) is 5.69 Å². The summed E-state index contributed by atoms with van der Waals surface area (Å²) in [6, 6.07) is 4.85. The predicted molar refractivity (Wildman–Crippen MR) is 74.0 cm³/mol. The molecule has 2 heterocycles. The molecular weight excluding hydrogens is 280 g/mol. The van der Waals surface area contributed by atoms with Crippen molar-refractivity contribution in [2.45, 2.75) is 37.2 Å². The molecule has 0 amide bonds. The van der Waals surface area contributed by atoms with E-state index in [2.05, 4.69) is 4.98 Å². The van der Waals surface area contributed by atoms with Crippen LogP contribution in [0.2, 0.25) is 0 Å². The van der Waals surface area contributed by atoms with E-state index in [4.69, 9.17) is 14.9 Å². The molecule has 2 unspecified atom stereocenters. The van der Waals surface area contributed by atoms with Crippen LogP contribution in [0.4, 0.5) is 5.69 Å². The number of benzene rings is 1. The van der Waals surface area contributed by atoms with Crippen LogP contribution in [-0.2, 0) is 14.6 Å². The van der Waals surface area contributed by atoms with Crippen molar-refractivity contribution in [2.24, 2.45) is 0 Å². The summed E-state index contributed by atoms with van der Waals surface area (Å²) < 4.78 is 35.4. The van der Waals surface area contributed by atoms with Gasteiger partial charge < -0.3 is 14.9 Å². The van der Waals surface area contributed by atoms with Crippen LogP contribution in [0.15, 0.2) is 27.8 Å². The molecule has 1 saturated heterocycles. The fourth-order valence-electron chi connectivity index (χ4n) is 2.38. The van der Waals surface area contributed by atoms with Gasteiger partial charge in [0.05, 0.1) is 18.0 Å². The van der Waals surface area contributed by atoms with Crippen molar-refractivity contribution >= 4 is 26.6 Å². The van der Waals surface area contributed by atoms with E-state index < -0.39 is 9.84 Å². The third kappa shape index (κ3) is 2.51. The molecule has 1 aromatic carbocycles. The third-order valence-corrected chi connectivity index (χ3v) is 4.90. The van der Waals surface area contributed by atoms with Gasteiger partial charge in [-0.05, 0) is 38.0 Å². The molecular formula is C13H16N2O4S. The van der Waals surface area contributed by atoms with Gasteiger partial charge in [-0.3, -0.25) is 0 Å². The molecule has 108 valence electrons. The van der Waals surface area contributed by atoms with Crippen LogP contribution in [0.1, 0.15) is 19.8 Å². The number of oxazole rings is 1. The number of nitrogen functional groups attached to an aromatic ring is 1. The number of anilines is 1. The topological polar surface area (TPSA) is 95.4 Å². The van der Waals surface area contributed by atoms with Gasteiger partial charge in [-0.1, -0.05) is 0 Å². The largest absolute Gasteiger partial charge is 0.428 e. The lowest BCUT2D eigenvalue weighted by Gasteiger charge is -2.09. The summed E-state index contributed by atoms with van der Waals surface area (Å²) in [5.41, 5.74) is 7.02. The number of nitrogens with zero attached hydrogens (tertiary/aromatic N) is 1. The Labute approximate surface area is 116 Å². The second-order valence-electron chi connectivity index (χ2n) is 5.13. The molecule has 1 aliphatic heterocycles. The summed E-state index contributed by atoms with van der Waals surface area (Å²) in [6.07, 6.45) is 1.45. The molecule has 1 aromatic heterocycles. The first kappa shape index (κ1) is 13.4. The fourth-order valence-corrected chi connectivity index (χ4v) is 3.71. The van der Waals surface area contributed by atoms with E-state index in [1.807, 2.05) is 6.92 Å². The molecule has 20 heavy (non-hydrogen) atoms. The fraction of sp³-hybridized carbons (Fsp3) is 0.462. The molecule has 2 aromatic rings. The van der Waals surface area contributed by atoms with Crippen molar-refractivity contribution in [1.82, 2.24) is 4.98 Å². The summed E-state index contributed by atoms with van der Waals surface area (Å²) >= 11 is 0. The number of hydrogen-bond acceptors (Lipinski definition) is 6. The van der Waals surface area contributed by atoms with Gasteiger partial charge in [-0.2, -0.15) is 4.98 Å².